The topological polar surface area (TPSA) is 30.0 Å². The molecule has 0 unspecified atom stereocenters. The lowest BCUT2D eigenvalue weighted by atomic mass is 10.0. The molecule has 0 spiro atoms. The first-order chi connectivity index (χ1) is 7.70. The van der Waals surface area contributed by atoms with Crippen molar-refractivity contribution in [3.8, 4) is 11.1 Å². The van der Waals surface area contributed by atoms with Crippen LogP contribution in [0, 0.1) is 12.9 Å². The minimum Gasteiger partial charge on any atom is -0.298 e. The molecule has 1 heterocycles. The predicted molar refractivity (Wildman–Crippen MR) is 59.8 cm³/mol. The van der Waals surface area contributed by atoms with Gasteiger partial charge >= 0.3 is 0 Å². The Labute approximate surface area is 92.8 Å². The molecule has 0 saturated heterocycles. The number of aryl methyl sites for hydroxylation is 1. The van der Waals surface area contributed by atoms with Crippen LogP contribution in [0.4, 0.5) is 4.39 Å². The summed E-state index contributed by atoms with van der Waals surface area (Å²) >= 11 is 0. The van der Waals surface area contributed by atoms with Crippen molar-refractivity contribution >= 4 is 6.29 Å². The van der Waals surface area contributed by atoms with Crippen LogP contribution in [0.15, 0.2) is 36.5 Å². The second kappa shape index (κ2) is 4.23. The maximum absolute atomic E-state index is 13.0. The van der Waals surface area contributed by atoms with E-state index in [1.54, 1.807) is 31.2 Å². The standard InChI is InChI=1S/C13H10FNO/c1-9-5-12(7-15-13(9)14)11-4-2-3-10(6-11)8-16/h2-8H,1H3. The molecule has 1 aromatic carbocycles. The minimum atomic E-state index is -0.463. The van der Waals surface area contributed by atoms with Crippen LogP contribution in [-0.4, -0.2) is 11.3 Å². The Hall–Kier alpha value is -2.03. The molecular formula is C13H10FNO. The third-order valence-corrected chi connectivity index (χ3v) is 2.37. The molecule has 0 aliphatic heterocycles. The first-order valence-electron chi connectivity index (χ1n) is 4.88. The summed E-state index contributed by atoms with van der Waals surface area (Å²) in [6.07, 6.45) is 2.25. The summed E-state index contributed by atoms with van der Waals surface area (Å²) in [5.41, 5.74) is 2.76. The zero-order valence-corrected chi connectivity index (χ0v) is 8.77. The summed E-state index contributed by atoms with van der Waals surface area (Å²) in [6, 6.07) is 8.84. The van der Waals surface area contributed by atoms with Gasteiger partial charge in [0.1, 0.15) is 6.29 Å². The smallest absolute Gasteiger partial charge is 0.215 e. The number of hydrogen-bond acceptors (Lipinski definition) is 2. The highest BCUT2D eigenvalue weighted by atomic mass is 19.1. The molecule has 0 fully saturated rings. The molecular weight excluding hydrogens is 205 g/mol. The number of pyridine rings is 1. The van der Waals surface area contributed by atoms with Crippen molar-refractivity contribution < 1.29 is 9.18 Å². The van der Waals surface area contributed by atoms with E-state index in [1.165, 1.54) is 6.20 Å². The van der Waals surface area contributed by atoms with E-state index >= 15 is 0 Å². The average molecular weight is 215 g/mol. The van der Waals surface area contributed by atoms with E-state index in [2.05, 4.69) is 4.98 Å². The van der Waals surface area contributed by atoms with Crippen LogP contribution in [0.2, 0.25) is 0 Å². The first-order valence-corrected chi connectivity index (χ1v) is 4.88. The number of benzene rings is 1. The Kier molecular flexibility index (Phi) is 2.77. The molecule has 0 N–H and O–H groups in total. The van der Waals surface area contributed by atoms with Crippen molar-refractivity contribution in [2.45, 2.75) is 6.92 Å². The Morgan fingerprint density at radius 3 is 2.75 bits per heavy atom. The maximum Gasteiger partial charge on any atom is 0.215 e. The van der Waals surface area contributed by atoms with Crippen LogP contribution in [0.5, 0.6) is 0 Å². The summed E-state index contributed by atoms with van der Waals surface area (Å²) in [4.78, 5) is 14.3. The van der Waals surface area contributed by atoms with Crippen LogP contribution in [-0.2, 0) is 0 Å². The second-order valence-corrected chi connectivity index (χ2v) is 3.58. The van der Waals surface area contributed by atoms with Crippen molar-refractivity contribution in [2.75, 3.05) is 0 Å². The van der Waals surface area contributed by atoms with Gasteiger partial charge in [0.15, 0.2) is 0 Å². The Morgan fingerprint density at radius 2 is 2.06 bits per heavy atom. The van der Waals surface area contributed by atoms with Gasteiger partial charge in [-0.15, -0.1) is 0 Å². The molecule has 0 bridgehead atoms. The van der Waals surface area contributed by atoms with Crippen LogP contribution >= 0.6 is 0 Å². The van der Waals surface area contributed by atoms with Crippen molar-refractivity contribution in [3.05, 3.63) is 53.6 Å². The summed E-state index contributed by atoms with van der Waals surface area (Å²) in [6.45, 7) is 1.66. The van der Waals surface area contributed by atoms with Crippen LogP contribution in [0.1, 0.15) is 15.9 Å². The number of aldehydes is 1. The third-order valence-electron chi connectivity index (χ3n) is 2.37. The Bertz CT molecular complexity index is 537. The van der Waals surface area contributed by atoms with Gasteiger partial charge in [0.05, 0.1) is 0 Å². The van der Waals surface area contributed by atoms with Gasteiger partial charge in [-0.2, -0.15) is 4.39 Å². The van der Waals surface area contributed by atoms with Crippen molar-refractivity contribution in [1.82, 2.24) is 4.98 Å². The van der Waals surface area contributed by atoms with E-state index in [1.807, 2.05) is 6.07 Å². The van der Waals surface area contributed by atoms with E-state index in [0.29, 0.717) is 11.1 Å². The van der Waals surface area contributed by atoms with Crippen LogP contribution < -0.4 is 0 Å². The number of aromatic nitrogens is 1. The fourth-order valence-electron chi connectivity index (χ4n) is 1.51. The number of carbonyl (C=O) groups excluding carboxylic acids is 1. The number of hydrogen-bond donors (Lipinski definition) is 0. The monoisotopic (exact) mass is 215 g/mol. The molecule has 0 radical (unpaired) electrons. The lowest BCUT2D eigenvalue weighted by Gasteiger charge is -2.03. The summed E-state index contributed by atoms with van der Waals surface area (Å²) in [5.74, 6) is -0.463. The van der Waals surface area contributed by atoms with E-state index < -0.39 is 5.95 Å². The number of carbonyl (C=O) groups is 1. The maximum atomic E-state index is 13.0. The molecule has 2 nitrogen and oxygen atoms in total. The molecule has 2 rings (SSSR count). The van der Waals surface area contributed by atoms with Crippen molar-refractivity contribution in [3.63, 3.8) is 0 Å². The van der Waals surface area contributed by atoms with Crippen molar-refractivity contribution in [1.29, 1.82) is 0 Å². The van der Waals surface area contributed by atoms with Crippen LogP contribution in [0.3, 0.4) is 0 Å². The van der Waals surface area contributed by atoms with Gasteiger partial charge in [-0.25, -0.2) is 4.98 Å². The normalized spacial score (nSPS) is 10.1. The molecule has 2 aromatic rings. The highest BCUT2D eigenvalue weighted by molar-refractivity contribution is 5.78. The highest BCUT2D eigenvalue weighted by Gasteiger charge is 2.03. The minimum absolute atomic E-state index is 0.463. The van der Waals surface area contributed by atoms with Crippen LogP contribution in [0.25, 0.3) is 11.1 Å². The molecule has 0 atom stereocenters. The summed E-state index contributed by atoms with van der Waals surface area (Å²) in [7, 11) is 0. The Morgan fingerprint density at radius 1 is 1.25 bits per heavy atom. The number of nitrogens with zero attached hydrogens (tertiary/aromatic N) is 1. The molecule has 0 aliphatic carbocycles. The van der Waals surface area contributed by atoms with Gasteiger partial charge in [0.2, 0.25) is 5.95 Å². The van der Waals surface area contributed by atoms with Gasteiger partial charge in [-0.3, -0.25) is 4.79 Å². The van der Waals surface area contributed by atoms with E-state index in [9.17, 15) is 9.18 Å². The SMILES string of the molecule is Cc1cc(-c2cccc(C=O)c2)cnc1F. The lowest BCUT2D eigenvalue weighted by molar-refractivity contribution is 0.112. The zero-order chi connectivity index (χ0) is 11.5. The molecule has 80 valence electrons. The molecule has 0 amide bonds. The van der Waals surface area contributed by atoms with Gasteiger partial charge < -0.3 is 0 Å². The molecule has 0 saturated carbocycles. The molecule has 3 heteroatoms. The first kappa shape index (κ1) is 10.5. The number of halogens is 1. The van der Waals surface area contributed by atoms with E-state index in [-0.39, 0.29) is 0 Å². The third kappa shape index (κ3) is 1.98. The van der Waals surface area contributed by atoms with E-state index in [4.69, 9.17) is 0 Å². The Balaban J connectivity index is 2.49. The highest BCUT2D eigenvalue weighted by Crippen LogP contribution is 2.20. The average Bonchev–Trinajstić information content (AvgIpc) is 2.33. The molecule has 0 aliphatic rings. The lowest BCUT2D eigenvalue weighted by Crippen LogP contribution is -1.90. The summed E-state index contributed by atoms with van der Waals surface area (Å²) < 4.78 is 13.0. The zero-order valence-electron chi connectivity index (χ0n) is 8.77. The predicted octanol–water partition coefficient (Wildman–Crippen LogP) is 3.01. The fourth-order valence-corrected chi connectivity index (χ4v) is 1.51. The fraction of sp³-hybridized carbons (Fsp3) is 0.0769. The molecule has 1 aromatic heterocycles. The molecule has 16 heavy (non-hydrogen) atoms. The van der Waals surface area contributed by atoms with Gasteiger partial charge in [-0.1, -0.05) is 18.2 Å². The largest absolute Gasteiger partial charge is 0.298 e. The van der Waals surface area contributed by atoms with Gasteiger partial charge in [0, 0.05) is 22.9 Å². The second-order valence-electron chi connectivity index (χ2n) is 3.58. The number of rotatable bonds is 2. The van der Waals surface area contributed by atoms with Gasteiger partial charge in [0.25, 0.3) is 0 Å². The van der Waals surface area contributed by atoms with Crippen molar-refractivity contribution in [2.24, 2.45) is 0 Å². The van der Waals surface area contributed by atoms with E-state index in [0.717, 1.165) is 17.4 Å². The quantitative estimate of drug-likeness (QED) is 0.569. The van der Waals surface area contributed by atoms with Gasteiger partial charge in [-0.05, 0) is 24.6 Å². The summed E-state index contributed by atoms with van der Waals surface area (Å²) in [5, 5.41) is 0.